The fraction of sp³-hybridized carbons (Fsp3) is 0.360. The zero-order chi connectivity index (χ0) is 22.2. The van der Waals surface area contributed by atoms with Gasteiger partial charge in [-0.15, -0.1) is 0 Å². The van der Waals surface area contributed by atoms with Crippen molar-refractivity contribution in [3.63, 3.8) is 0 Å². The van der Waals surface area contributed by atoms with E-state index < -0.39 is 0 Å². The summed E-state index contributed by atoms with van der Waals surface area (Å²) in [7, 11) is 0. The van der Waals surface area contributed by atoms with E-state index in [0.29, 0.717) is 24.5 Å². The Balaban J connectivity index is 1.58. The van der Waals surface area contributed by atoms with E-state index in [0.717, 1.165) is 42.2 Å². The van der Waals surface area contributed by atoms with E-state index in [1.54, 1.807) is 12.1 Å². The van der Waals surface area contributed by atoms with Gasteiger partial charge in [0.15, 0.2) is 0 Å². The van der Waals surface area contributed by atoms with Crippen molar-refractivity contribution in [2.45, 2.75) is 47.4 Å². The van der Waals surface area contributed by atoms with Crippen molar-refractivity contribution in [2.75, 3.05) is 13.1 Å². The SMILES string of the molecule is CCN(CC)Cc1cccc(CNC(=O)c2cccc(OCc3c(C)noc3C)c2)c1. The highest BCUT2D eigenvalue weighted by Crippen LogP contribution is 2.18. The van der Waals surface area contributed by atoms with E-state index in [9.17, 15) is 4.79 Å². The van der Waals surface area contributed by atoms with Crippen LogP contribution in [0.15, 0.2) is 53.1 Å². The number of aryl methyl sites for hydroxylation is 2. The maximum atomic E-state index is 12.7. The summed E-state index contributed by atoms with van der Waals surface area (Å²) >= 11 is 0. The van der Waals surface area contributed by atoms with Crippen LogP contribution in [0.25, 0.3) is 0 Å². The maximum Gasteiger partial charge on any atom is 0.251 e. The van der Waals surface area contributed by atoms with Gasteiger partial charge in [-0.2, -0.15) is 0 Å². The van der Waals surface area contributed by atoms with Gasteiger partial charge in [0.05, 0.1) is 11.3 Å². The Kier molecular flexibility index (Phi) is 7.84. The number of amides is 1. The van der Waals surface area contributed by atoms with Crippen molar-refractivity contribution in [1.29, 1.82) is 0 Å². The predicted molar refractivity (Wildman–Crippen MR) is 121 cm³/mol. The third kappa shape index (κ3) is 6.18. The minimum Gasteiger partial charge on any atom is -0.489 e. The molecule has 0 aliphatic heterocycles. The number of hydrogen-bond donors (Lipinski definition) is 1. The number of carbonyl (C=O) groups is 1. The Morgan fingerprint density at radius 2 is 1.81 bits per heavy atom. The average molecular weight is 422 g/mol. The fourth-order valence-electron chi connectivity index (χ4n) is 3.42. The number of aromatic nitrogens is 1. The Hall–Kier alpha value is -3.12. The van der Waals surface area contributed by atoms with E-state index in [4.69, 9.17) is 9.26 Å². The first-order valence-electron chi connectivity index (χ1n) is 10.7. The molecule has 0 bridgehead atoms. The lowest BCUT2D eigenvalue weighted by molar-refractivity contribution is 0.0950. The summed E-state index contributed by atoms with van der Waals surface area (Å²) in [4.78, 5) is 15.0. The lowest BCUT2D eigenvalue weighted by Gasteiger charge is -2.18. The van der Waals surface area contributed by atoms with Gasteiger partial charge >= 0.3 is 0 Å². The van der Waals surface area contributed by atoms with Crippen LogP contribution in [-0.2, 0) is 19.7 Å². The molecule has 1 amide bonds. The van der Waals surface area contributed by atoms with Crippen molar-refractivity contribution >= 4 is 5.91 Å². The lowest BCUT2D eigenvalue weighted by Crippen LogP contribution is -2.24. The van der Waals surface area contributed by atoms with Gasteiger partial charge in [-0.25, -0.2) is 0 Å². The van der Waals surface area contributed by atoms with Gasteiger partial charge in [0.2, 0.25) is 0 Å². The Bertz CT molecular complexity index is 989. The molecule has 6 heteroatoms. The number of nitrogens with zero attached hydrogens (tertiary/aromatic N) is 2. The first-order chi connectivity index (χ1) is 15.0. The van der Waals surface area contributed by atoms with Crippen LogP contribution in [0, 0.1) is 13.8 Å². The van der Waals surface area contributed by atoms with Crippen LogP contribution in [0.4, 0.5) is 0 Å². The Morgan fingerprint density at radius 1 is 1.06 bits per heavy atom. The molecule has 1 heterocycles. The van der Waals surface area contributed by atoms with Crippen LogP contribution in [-0.4, -0.2) is 29.1 Å². The predicted octanol–water partition coefficient (Wildman–Crippen LogP) is 4.64. The number of benzene rings is 2. The first kappa shape index (κ1) is 22.6. The molecule has 31 heavy (non-hydrogen) atoms. The van der Waals surface area contributed by atoms with Gasteiger partial charge in [-0.05, 0) is 56.3 Å². The number of carbonyl (C=O) groups excluding carboxylic acids is 1. The van der Waals surface area contributed by atoms with Gasteiger partial charge < -0.3 is 14.6 Å². The van der Waals surface area contributed by atoms with Gasteiger partial charge in [-0.3, -0.25) is 9.69 Å². The van der Waals surface area contributed by atoms with Gasteiger partial charge in [0.1, 0.15) is 18.1 Å². The van der Waals surface area contributed by atoms with Crippen LogP contribution in [0.1, 0.15) is 52.3 Å². The minimum atomic E-state index is -0.128. The molecule has 0 aliphatic rings. The third-order valence-corrected chi connectivity index (χ3v) is 5.41. The van der Waals surface area contributed by atoms with E-state index in [1.165, 1.54) is 5.56 Å². The van der Waals surface area contributed by atoms with E-state index in [2.05, 4.69) is 41.4 Å². The second-order valence-corrected chi connectivity index (χ2v) is 7.58. The van der Waals surface area contributed by atoms with Crippen molar-refractivity contribution in [1.82, 2.24) is 15.4 Å². The molecule has 0 atom stereocenters. The second kappa shape index (κ2) is 10.8. The Labute approximate surface area is 184 Å². The van der Waals surface area contributed by atoms with Crippen LogP contribution >= 0.6 is 0 Å². The van der Waals surface area contributed by atoms with Gasteiger partial charge in [0.25, 0.3) is 5.91 Å². The second-order valence-electron chi connectivity index (χ2n) is 7.58. The molecule has 0 aliphatic carbocycles. The normalized spacial score (nSPS) is 11.0. The van der Waals surface area contributed by atoms with Crippen molar-refractivity contribution in [3.05, 3.63) is 82.2 Å². The number of rotatable bonds is 10. The monoisotopic (exact) mass is 421 g/mol. The molecule has 0 fully saturated rings. The summed E-state index contributed by atoms with van der Waals surface area (Å²) in [5.41, 5.74) is 4.65. The number of ether oxygens (including phenoxy) is 1. The standard InChI is InChI=1S/C25H31N3O3/c1-5-28(6-2)16-21-10-7-9-20(13-21)15-26-25(29)22-11-8-12-23(14-22)30-17-24-18(3)27-31-19(24)4/h7-14H,5-6,15-17H2,1-4H3,(H,26,29). The summed E-state index contributed by atoms with van der Waals surface area (Å²) < 4.78 is 11.0. The highest BCUT2D eigenvalue weighted by atomic mass is 16.5. The molecule has 164 valence electrons. The highest BCUT2D eigenvalue weighted by molar-refractivity contribution is 5.94. The fourth-order valence-corrected chi connectivity index (χ4v) is 3.42. The molecule has 0 unspecified atom stereocenters. The quantitative estimate of drug-likeness (QED) is 0.516. The van der Waals surface area contributed by atoms with Gasteiger partial charge in [-0.1, -0.05) is 49.3 Å². The topological polar surface area (TPSA) is 67.6 Å². The molecule has 0 saturated carbocycles. The van der Waals surface area contributed by atoms with Crippen molar-refractivity contribution in [3.8, 4) is 5.75 Å². The van der Waals surface area contributed by atoms with E-state index in [-0.39, 0.29) is 5.91 Å². The highest BCUT2D eigenvalue weighted by Gasteiger charge is 2.11. The van der Waals surface area contributed by atoms with Gasteiger partial charge in [0, 0.05) is 18.7 Å². The molecule has 3 rings (SSSR count). The van der Waals surface area contributed by atoms with Crippen molar-refractivity contribution < 1.29 is 14.1 Å². The molecule has 2 aromatic carbocycles. The molecule has 1 N–H and O–H groups in total. The van der Waals surface area contributed by atoms with Crippen LogP contribution < -0.4 is 10.1 Å². The van der Waals surface area contributed by atoms with Crippen LogP contribution in [0.5, 0.6) is 5.75 Å². The summed E-state index contributed by atoms with van der Waals surface area (Å²) in [6.45, 7) is 11.9. The van der Waals surface area contributed by atoms with Crippen molar-refractivity contribution in [2.24, 2.45) is 0 Å². The molecular formula is C25H31N3O3. The molecule has 3 aromatic rings. The molecule has 1 aromatic heterocycles. The largest absolute Gasteiger partial charge is 0.489 e. The van der Waals surface area contributed by atoms with E-state index in [1.807, 2.05) is 38.1 Å². The molecular weight excluding hydrogens is 390 g/mol. The summed E-state index contributed by atoms with van der Waals surface area (Å²) in [5, 5.41) is 6.94. The smallest absolute Gasteiger partial charge is 0.251 e. The molecule has 0 spiro atoms. The van der Waals surface area contributed by atoms with Crippen LogP contribution in [0.2, 0.25) is 0 Å². The lowest BCUT2D eigenvalue weighted by atomic mass is 10.1. The zero-order valence-corrected chi connectivity index (χ0v) is 18.8. The Morgan fingerprint density at radius 3 is 2.52 bits per heavy atom. The summed E-state index contributed by atoms with van der Waals surface area (Å²) in [5.74, 6) is 1.25. The van der Waals surface area contributed by atoms with Crippen LogP contribution in [0.3, 0.4) is 0 Å². The molecule has 6 nitrogen and oxygen atoms in total. The zero-order valence-electron chi connectivity index (χ0n) is 18.8. The molecule has 0 radical (unpaired) electrons. The average Bonchev–Trinajstić information content (AvgIpc) is 3.12. The van der Waals surface area contributed by atoms with E-state index >= 15 is 0 Å². The summed E-state index contributed by atoms with van der Waals surface area (Å²) in [6, 6.07) is 15.6. The summed E-state index contributed by atoms with van der Waals surface area (Å²) in [6.07, 6.45) is 0. The minimum absolute atomic E-state index is 0.128. The number of hydrogen-bond acceptors (Lipinski definition) is 5. The molecule has 0 saturated heterocycles. The first-order valence-corrected chi connectivity index (χ1v) is 10.7. The third-order valence-electron chi connectivity index (χ3n) is 5.41. The maximum absolute atomic E-state index is 12.7. The number of nitrogens with one attached hydrogen (secondary N) is 1.